The number of benzene rings is 2. The Kier molecular flexibility index (Phi) is 5.38. The zero-order valence-electron chi connectivity index (χ0n) is 14.5. The summed E-state index contributed by atoms with van der Waals surface area (Å²) in [7, 11) is -2.57. The molecule has 0 unspecified atom stereocenters. The zero-order valence-corrected chi connectivity index (χ0v) is 15.3. The van der Waals surface area contributed by atoms with Crippen molar-refractivity contribution in [2.24, 2.45) is 0 Å². The lowest BCUT2D eigenvalue weighted by Crippen LogP contribution is -2.25. The third kappa shape index (κ3) is 4.07. The van der Waals surface area contributed by atoms with Crippen molar-refractivity contribution in [1.82, 2.24) is 14.3 Å². The summed E-state index contributed by atoms with van der Waals surface area (Å²) >= 11 is 0. The average Bonchev–Trinajstić information content (AvgIpc) is 3.08. The fourth-order valence-corrected chi connectivity index (χ4v) is 3.80. The van der Waals surface area contributed by atoms with E-state index >= 15 is 0 Å². The van der Waals surface area contributed by atoms with Crippen molar-refractivity contribution >= 4 is 26.7 Å². The average molecular weight is 390 g/mol. The van der Waals surface area contributed by atoms with Gasteiger partial charge in [0.15, 0.2) is 5.75 Å². The van der Waals surface area contributed by atoms with Crippen LogP contribution in [0.25, 0.3) is 11.0 Å². The number of sulfonamides is 1. The Labute approximate surface area is 155 Å². The van der Waals surface area contributed by atoms with Crippen LogP contribution in [0, 0.1) is 10.1 Å². The van der Waals surface area contributed by atoms with Gasteiger partial charge < -0.3 is 9.30 Å². The summed E-state index contributed by atoms with van der Waals surface area (Å²) in [6.07, 6.45) is 2.25. The predicted octanol–water partition coefficient (Wildman–Crippen LogP) is 2.32. The van der Waals surface area contributed by atoms with Gasteiger partial charge in [0.25, 0.3) is 0 Å². The zero-order chi connectivity index (χ0) is 19.4. The fraction of sp³-hybridized carbons (Fsp3) is 0.235. The molecule has 0 bridgehead atoms. The van der Waals surface area contributed by atoms with Crippen molar-refractivity contribution in [2.75, 3.05) is 13.7 Å². The number of nitrogens with zero attached hydrogens (tertiary/aromatic N) is 3. The molecule has 9 nitrogen and oxygen atoms in total. The summed E-state index contributed by atoms with van der Waals surface area (Å²) in [4.78, 5) is 14.5. The number of para-hydroxylation sites is 2. The van der Waals surface area contributed by atoms with Gasteiger partial charge in [-0.25, -0.2) is 18.1 Å². The summed E-state index contributed by atoms with van der Waals surface area (Å²) in [5, 5.41) is 11.1. The molecule has 2 aromatic carbocycles. The third-order valence-electron chi connectivity index (χ3n) is 4.05. The predicted molar refractivity (Wildman–Crippen MR) is 99.2 cm³/mol. The maximum absolute atomic E-state index is 12.4. The van der Waals surface area contributed by atoms with Crippen molar-refractivity contribution in [2.45, 2.75) is 17.9 Å². The first kappa shape index (κ1) is 18.8. The molecule has 0 saturated heterocycles. The molecule has 0 saturated carbocycles. The minimum Gasteiger partial charge on any atom is -0.490 e. The summed E-state index contributed by atoms with van der Waals surface area (Å²) in [6.45, 7) is 0.778. The third-order valence-corrected chi connectivity index (χ3v) is 5.51. The molecule has 3 rings (SSSR count). The van der Waals surface area contributed by atoms with Crippen LogP contribution in [-0.4, -0.2) is 36.5 Å². The van der Waals surface area contributed by atoms with E-state index in [1.807, 2.05) is 28.8 Å². The van der Waals surface area contributed by atoms with E-state index in [9.17, 15) is 18.5 Å². The van der Waals surface area contributed by atoms with Crippen molar-refractivity contribution in [3.05, 3.63) is 58.9 Å². The van der Waals surface area contributed by atoms with Gasteiger partial charge in [0, 0.05) is 19.2 Å². The first-order chi connectivity index (χ1) is 12.9. The lowest BCUT2D eigenvalue weighted by atomic mass is 10.3. The second kappa shape index (κ2) is 7.72. The molecule has 0 aliphatic rings. The number of hydrogen-bond acceptors (Lipinski definition) is 6. The molecule has 0 amide bonds. The molecule has 0 fully saturated rings. The Balaban J connectivity index is 1.65. The van der Waals surface area contributed by atoms with Crippen LogP contribution < -0.4 is 9.46 Å². The van der Waals surface area contributed by atoms with Crippen molar-refractivity contribution in [3.63, 3.8) is 0 Å². The van der Waals surface area contributed by atoms with Gasteiger partial charge >= 0.3 is 5.69 Å². The van der Waals surface area contributed by atoms with Gasteiger partial charge in [0.1, 0.15) is 0 Å². The van der Waals surface area contributed by atoms with E-state index in [-0.39, 0.29) is 17.2 Å². The van der Waals surface area contributed by atoms with Crippen molar-refractivity contribution in [3.8, 4) is 5.75 Å². The lowest BCUT2D eigenvalue weighted by molar-refractivity contribution is -0.386. The normalized spacial score (nSPS) is 11.6. The van der Waals surface area contributed by atoms with Gasteiger partial charge in [-0.05, 0) is 30.7 Å². The lowest BCUT2D eigenvalue weighted by Gasteiger charge is -2.09. The number of nitrogens with one attached hydrogen (secondary N) is 1. The molecule has 1 N–H and O–H groups in total. The molecule has 1 aromatic heterocycles. The van der Waals surface area contributed by atoms with Crippen molar-refractivity contribution in [1.29, 1.82) is 0 Å². The molecule has 0 aliphatic carbocycles. The summed E-state index contributed by atoms with van der Waals surface area (Å²) in [5.41, 5.74) is 1.46. The maximum Gasteiger partial charge on any atom is 0.312 e. The maximum atomic E-state index is 12.4. The highest BCUT2D eigenvalue weighted by Crippen LogP contribution is 2.29. The number of ether oxygens (including phenoxy) is 1. The van der Waals surface area contributed by atoms with Crippen LogP contribution in [0.3, 0.4) is 0 Å². The minimum atomic E-state index is -3.86. The molecule has 3 aromatic rings. The van der Waals surface area contributed by atoms with Gasteiger partial charge in [-0.2, -0.15) is 0 Å². The standard InChI is InChI=1S/C17H18N4O5S/c1-26-17-8-7-13(11-16(17)21(22)23)27(24,25)19-9-4-10-20-12-18-14-5-2-3-6-15(14)20/h2-3,5-8,11-12,19H,4,9-10H2,1H3. The summed E-state index contributed by atoms with van der Waals surface area (Å²) in [5.74, 6) is 0.00550. The first-order valence-electron chi connectivity index (χ1n) is 8.14. The van der Waals surface area contributed by atoms with E-state index in [1.54, 1.807) is 6.33 Å². The Morgan fingerprint density at radius 2 is 2.04 bits per heavy atom. The highest BCUT2D eigenvalue weighted by molar-refractivity contribution is 7.89. The van der Waals surface area contributed by atoms with Gasteiger partial charge in [-0.3, -0.25) is 10.1 Å². The smallest absolute Gasteiger partial charge is 0.312 e. The summed E-state index contributed by atoms with van der Waals surface area (Å²) < 4.78 is 34.1. The molecule has 10 heteroatoms. The second-order valence-electron chi connectivity index (χ2n) is 5.77. The van der Waals surface area contributed by atoms with Crippen LogP contribution in [0.4, 0.5) is 5.69 Å². The van der Waals surface area contributed by atoms with E-state index in [2.05, 4.69) is 9.71 Å². The van der Waals surface area contributed by atoms with Gasteiger partial charge in [0.05, 0.1) is 34.3 Å². The Morgan fingerprint density at radius 1 is 1.26 bits per heavy atom. The minimum absolute atomic E-state index is 0.00550. The first-order valence-corrected chi connectivity index (χ1v) is 9.62. The number of hydrogen-bond donors (Lipinski definition) is 1. The van der Waals surface area contributed by atoms with E-state index in [4.69, 9.17) is 4.74 Å². The van der Waals surface area contributed by atoms with Gasteiger partial charge in [-0.15, -0.1) is 0 Å². The molecule has 0 radical (unpaired) electrons. The number of fused-ring (bicyclic) bond motifs is 1. The number of aromatic nitrogens is 2. The molecule has 27 heavy (non-hydrogen) atoms. The number of rotatable bonds is 8. The fourth-order valence-electron chi connectivity index (χ4n) is 2.71. The number of imidazole rings is 1. The topological polar surface area (TPSA) is 116 Å². The number of methoxy groups -OCH3 is 1. The second-order valence-corrected chi connectivity index (χ2v) is 7.54. The van der Waals surface area contributed by atoms with E-state index in [1.165, 1.54) is 19.2 Å². The molecule has 0 atom stereocenters. The Bertz CT molecular complexity index is 1080. The summed E-state index contributed by atoms with van der Waals surface area (Å²) in [6, 6.07) is 11.2. The van der Waals surface area contributed by atoms with Crippen molar-refractivity contribution < 1.29 is 18.1 Å². The van der Waals surface area contributed by atoms with Gasteiger partial charge in [0.2, 0.25) is 10.0 Å². The van der Waals surface area contributed by atoms with Gasteiger partial charge in [-0.1, -0.05) is 12.1 Å². The highest BCUT2D eigenvalue weighted by atomic mass is 32.2. The molecular formula is C17H18N4O5S. The monoisotopic (exact) mass is 390 g/mol. The van der Waals surface area contributed by atoms with E-state index in [0.29, 0.717) is 13.0 Å². The van der Waals surface area contributed by atoms with Crippen LogP contribution >= 0.6 is 0 Å². The number of nitro benzene ring substituents is 1. The molecule has 142 valence electrons. The Hall–Kier alpha value is -2.98. The van der Waals surface area contributed by atoms with Crippen LogP contribution in [0.2, 0.25) is 0 Å². The van der Waals surface area contributed by atoms with Crippen LogP contribution in [-0.2, 0) is 16.6 Å². The quantitative estimate of drug-likeness (QED) is 0.358. The highest BCUT2D eigenvalue weighted by Gasteiger charge is 2.21. The molecule has 0 aliphatic heterocycles. The van der Waals surface area contributed by atoms with Crippen LogP contribution in [0.1, 0.15) is 6.42 Å². The Morgan fingerprint density at radius 3 is 2.78 bits per heavy atom. The SMILES string of the molecule is COc1ccc(S(=O)(=O)NCCCn2cnc3ccccc32)cc1[N+](=O)[O-]. The number of nitro groups is 1. The van der Waals surface area contributed by atoms with E-state index < -0.39 is 20.6 Å². The largest absolute Gasteiger partial charge is 0.490 e. The van der Waals surface area contributed by atoms with Crippen LogP contribution in [0.5, 0.6) is 5.75 Å². The molecule has 0 spiro atoms. The van der Waals surface area contributed by atoms with E-state index in [0.717, 1.165) is 17.1 Å². The number of aryl methyl sites for hydroxylation is 1. The molecule has 1 heterocycles. The van der Waals surface area contributed by atoms with Crippen LogP contribution in [0.15, 0.2) is 53.7 Å². The molecular weight excluding hydrogens is 372 g/mol.